The summed E-state index contributed by atoms with van der Waals surface area (Å²) in [5, 5.41) is 3.36. The molecule has 6 heteroatoms. The summed E-state index contributed by atoms with van der Waals surface area (Å²) >= 11 is 0. The summed E-state index contributed by atoms with van der Waals surface area (Å²) < 4.78 is 19.2. The zero-order valence-corrected chi connectivity index (χ0v) is 18.9. The Morgan fingerprint density at radius 3 is 2.70 bits per heavy atom. The number of nitrogens with one attached hydrogen (secondary N) is 1. The van der Waals surface area contributed by atoms with E-state index >= 15 is 0 Å². The summed E-state index contributed by atoms with van der Waals surface area (Å²) in [5.74, 6) is 1.47. The van der Waals surface area contributed by atoms with Crippen LogP contribution in [0.4, 0.5) is 4.39 Å². The molecule has 1 amide bonds. The third-order valence-corrected chi connectivity index (χ3v) is 7.20. The number of benzene rings is 1. The third-order valence-electron chi connectivity index (χ3n) is 7.20. The first kappa shape index (κ1) is 21.6. The summed E-state index contributed by atoms with van der Waals surface area (Å²) in [6, 6.07) is 14.4. The van der Waals surface area contributed by atoms with Gasteiger partial charge in [0.25, 0.3) is 5.91 Å². The first-order valence-electron chi connectivity index (χ1n) is 11.5. The van der Waals surface area contributed by atoms with Crippen molar-refractivity contribution in [3.8, 4) is 17.1 Å². The highest BCUT2D eigenvalue weighted by Crippen LogP contribution is 2.56. The maximum Gasteiger partial charge on any atom is 0.252 e. The molecule has 0 bridgehead atoms. The normalized spacial score (nSPS) is 25.7. The van der Waals surface area contributed by atoms with E-state index in [2.05, 4.69) is 22.2 Å². The zero-order chi connectivity index (χ0) is 23.0. The van der Waals surface area contributed by atoms with Gasteiger partial charge in [-0.25, -0.2) is 9.37 Å². The molecule has 5 rings (SSSR count). The van der Waals surface area contributed by atoms with Gasteiger partial charge in [-0.1, -0.05) is 30.7 Å². The summed E-state index contributed by atoms with van der Waals surface area (Å²) in [4.78, 5) is 22.1. The predicted octanol–water partition coefficient (Wildman–Crippen LogP) is 5.20. The first-order valence-corrected chi connectivity index (χ1v) is 11.5. The molecule has 0 radical (unpaired) electrons. The second-order valence-corrected chi connectivity index (χ2v) is 9.50. The standard InChI is InChI=1S/C27H28FN3O2/c1-17-6-8-20(24-5-3-4-12-29-24)22(13-17)26(32)31-27(11-10-23(27)21-14-18(21)2)16-33-25-9-7-19(28)15-30-25/h3-9,12-13,15,18,21,23H,10-11,14,16H2,1-2H3,(H,31,32)/t18?,21?,23-,27?/m0/s1. The van der Waals surface area contributed by atoms with Crippen LogP contribution in [-0.4, -0.2) is 28.0 Å². The molecule has 2 aliphatic carbocycles. The van der Waals surface area contributed by atoms with Crippen molar-refractivity contribution in [3.63, 3.8) is 0 Å². The van der Waals surface area contributed by atoms with Crippen LogP contribution in [0.5, 0.6) is 5.88 Å². The second-order valence-electron chi connectivity index (χ2n) is 9.50. The minimum Gasteiger partial charge on any atom is -0.475 e. The van der Waals surface area contributed by atoms with E-state index in [1.165, 1.54) is 18.6 Å². The number of carbonyl (C=O) groups excluding carboxylic acids is 1. The largest absolute Gasteiger partial charge is 0.475 e. The van der Waals surface area contributed by atoms with Crippen LogP contribution < -0.4 is 10.1 Å². The molecule has 2 aromatic heterocycles. The van der Waals surface area contributed by atoms with Crippen molar-refractivity contribution >= 4 is 5.91 Å². The van der Waals surface area contributed by atoms with Gasteiger partial charge in [0.05, 0.1) is 17.4 Å². The van der Waals surface area contributed by atoms with E-state index in [4.69, 9.17) is 4.74 Å². The van der Waals surface area contributed by atoms with Gasteiger partial charge in [0.15, 0.2) is 0 Å². The molecule has 2 heterocycles. The molecule has 4 atom stereocenters. The number of rotatable bonds is 7. The quantitative estimate of drug-likeness (QED) is 0.543. The van der Waals surface area contributed by atoms with Crippen molar-refractivity contribution < 1.29 is 13.9 Å². The van der Waals surface area contributed by atoms with Gasteiger partial charge in [0.2, 0.25) is 5.88 Å². The molecule has 2 aliphatic rings. The average Bonchev–Trinajstić information content (AvgIpc) is 3.52. The molecule has 0 saturated heterocycles. The molecule has 3 aromatic rings. The van der Waals surface area contributed by atoms with Crippen LogP contribution in [0.2, 0.25) is 0 Å². The summed E-state index contributed by atoms with van der Waals surface area (Å²) in [5.41, 5.74) is 2.74. The fraction of sp³-hybridized carbons (Fsp3) is 0.370. The highest BCUT2D eigenvalue weighted by atomic mass is 19.1. The maximum absolute atomic E-state index is 13.7. The lowest BCUT2D eigenvalue weighted by Gasteiger charge is -2.50. The van der Waals surface area contributed by atoms with Crippen LogP contribution >= 0.6 is 0 Å². The monoisotopic (exact) mass is 445 g/mol. The maximum atomic E-state index is 13.7. The fourth-order valence-corrected chi connectivity index (χ4v) is 5.10. The van der Waals surface area contributed by atoms with Gasteiger partial charge in [0.1, 0.15) is 12.4 Å². The van der Waals surface area contributed by atoms with Crippen molar-refractivity contribution in [3.05, 3.63) is 77.9 Å². The number of ether oxygens (including phenoxy) is 1. The van der Waals surface area contributed by atoms with Crippen LogP contribution in [0, 0.1) is 30.5 Å². The van der Waals surface area contributed by atoms with Crippen LogP contribution in [0.15, 0.2) is 60.9 Å². The molecule has 33 heavy (non-hydrogen) atoms. The molecule has 2 saturated carbocycles. The number of hydrogen-bond acceptors (Lipinski definition) is 4. The number of nitrogens with zero attached hydrogens (tertiary/aromatic N) is 2. The van der Waals surface area contributed by atoms with Crippen molar-refractivity contribution in [2.45, 2.75) is 38.6 Å². The van der Waals surface area contributed by atoms with Crippen molar-refractivity contribution in [2.75, 3.05) is 6.61 Å². The lowest BCUT2D eigenvalue weighted by molar-refractivity contribution is 0.0141. The molecule has 0 aliphatic heterocycles. The first-order chi connectivity index (χ1) is 15.9. The summed E-state index contributed by atoms with van der Waals surface area (Å²) in [7, 11) is 0. The van der Waals surface area contributed by atoms with Crippen LogP contribution in [-0.2, 0) is 0 Å². The SMILES string of the molecule is Cc1ccc(-c2ccccn2)c(C(=O)NC2(COc3ccc(F)cn3)CC[C@H]2C2CC2C)c1. The molecular formula is C27H28FN3O2. The van der Waals surface area contributed by atoms with Gasteiger partial charge < -0.3 is 10.1 Å². The van der Waals surface area contributed by atoms with E-state index in [0.29, 0.717) is 35.8 Å². The Labute approximate surface area is 193 Å². The van der Waals surface area contributed by atoms with Crippen LogP contribution in [0.3, 0.4) is 0 Å². The Bertz CT molecular complexity index is 1150. The molecule has 1 aromatic carbocycles. The van der Waals surface area contributed by atoms with E-state index < -0.39 is 11.4 Å². The number of pyridine rings is 2. The lowest BCUT2D eigenvalue weighted by atomic mass is 9.64. The highest BCUT2D eigenvalue weighted by molar-refractivity contribution is 6.01. The Kier molecular flexibility index (Phi) is 5.60. The Hall–Kier alpha value is -3.28. The topological polar surface area (TPSA) is 64.1 Å². The number of carbonyl (C=O) groups is 1. The molecule has 2 fully saturated rings. The molecule has 0 spiro atoms. The van der Waals surface area contributed by atoms with Gasteiger partial charge >= 0.3 is 0 Å². The van der Waals surface area contributed by atoms with E-state index in [1.54, 1.807) is 6.20 Å². The van der Waals surface area contributed by atoms with E-state index in [9.17, 15) is 9.18 Å². The van der Waals surface area contributed by atoms with Gasteiger partial charge in [-0.15, -0.1) is 0 Å². The summed E-state index contributed by atoms with van der Waals surface area (Å²) in [6.07, 6.45) is 5.97. The second kappa shape index (κ2) is 8.58. The third kappa shape index (κ3) is 4.34. The van der Waals surface area contributed by atoms with Crippen LogP contribution in [0.1, 0.15) is 42.1 Å². The van der Waals surface area contributed by atoms with Crippen molar-refractivity contribution in [1.29, 1.82) is 0 Å². The number of aryl methyl sites for hydroxylation is 1. The number of amides is 1. The number of aromatic nitrogens is 2. The number of halogens is 1. The molecule has 1 N–H and O–H groups in total. The van der Waals surface area contributed by atoms with Crippen molar-refractivity contribution in [1.82, 2.24) is 15.3 Å². The van der Waals surface area contributed by atoms with E-state index in [1.807, 2.05) is 43.3 Å². The Morgan fingerprint density at radius 2 is 2.06 bits per heavy atom. The summed E-state index contributed by atoms with van der Waals surface area (Å²) in [6.45, 7) is 4.56. The molecular weight excluding hydrogens is 417 g/mol. The van der Waals surface area contributed by atoms with Gasteiger partial charge in [0, 0.05) is 23.4 Å². The fourth-order valence-electron chi connectivity index (χ4n) is 5.10. The Balaban J connectivity index is 1.42. The van der Waals surface area contributed by atoms with Gasteiger partial charge in [-0.05, 0) is 68.2 Å². The minimum atomic E-state index is -0.465. The molecule has 3 unspecified atom stereocenters. The highest BCUT2D eigenvalue weighted by Gasteiger charge is 2.57. The Morgan fingerprint density at radius 1 is 1.21 bits per heavy atom. The molecule has 5 nitrogen and oxygen atoms in total. The van der Waals surface area contributed by atoms with Crippen molar-refractivity contribution in [2.24, 2.45) is 17.8 Å². The predicted molar refractivity (Wildman–Crippen MR) is 124 cm³/mol. The zero-order valence-electron chi connectivity index (χ0n) is 18.9. The van der Waals surface area contributed by atoms with Gasteiger partial charge in [-0.3, -0.25) is 9.78 Å². The minimum absolute atomic E-state index is 0.118. The van der Waals surface area contributed by atoms with E-state index in [-0.39, 0.29) is 5.91 Å². The van der Waals surface area contributed by atoms with Crippen LogP contribution in [0.25, 0.3) is 11.3 Å². The smallest absolute Gasteiger partial charge is 0.252 e. The van der Waals surface area contributed by atoms with Gasteiger partial charge in [-0.2, -0.15) is 0 Å². The number of hydrogen-bond donors (Lipinski definition) is 1. The van der Waals surface area contributed by atoms with E-state index in [0.717, 1.165) is 35.9 Å². The average molecular weight is 446 g/mol. The molecule has 170 valence electrons. The lowest BCUT2D eigenvalue weighted by Crippen LogP contribution is -2.64.